The van der Waals surface area contributed by atoms with Crippen LogP contribution in [-0.4, -0.2) is 25.2 Å². The minimum Gasteiger partial charge on any atom is -0.466 e. The molecule has 0 aromatic carbocycles. The largest absolute Gasteiger partial charge is 0.466 e. The molecular formula is C19H38O4. The van der Waals surface area contributed by atoms with E-state index in [2.05, 4.69) is 27.7 Å². The van der Waals surface area contributed by atoms with Crippen LogP contribution in [0.25, 0.3) is 0 Å². The maximum Gasteiger partial charge on any atom is 0.308 e. The van der Waals surface area contributed by atoms with Crippen molar-refractivity contribution < 1.29 is 19.1 Å². The summed E-state index contributed by atoms with van der Waals surface area (Å²) >= 11 is 0. The summed E-state index contributed by atoms with van der Waals surface area (Å²) in [5.41, 5.74) is 0.298. The molecule has 0 aliphatic heterocycles. The van der Waals surface area contributed by atoms with Gasteiger partial charge in [-0.05, 0) is 30.6 Å². The van der Waals surface area contributed by atoms with E-state index in [0.717, 1.165) is 6.42 Å². The Kier molecular flexibility index (Phi) is 13.0. The van der Waals surface area contributed by atoms with Crippen molar-refractivity contribution in [1.82, 2.24) is 0 Å². The van der Waals surface area contributed by atoms with Crippen LogP contribution in [0.2, 0.25) is 0 Å². The maximum atomic E-state index is 11.1. The zero-order chi connectivity index (χ0) is 18.6. The molecule has 0 aromatic rings. The normalized spacial score (nSPS) is 12.5. The molecule has 138 valence electrons. The molecule has 0 heterocycles. The number of carbonyl (C=O) groups excluding carboxylic acids is 2. The van der Waals surface area contributed by atoms with Gasteiger partial charge in [-0.25, -0.2) is 0 Å². The summed E-state index contributed by atoms with van der Waals surface area (Å²) in [5, 5.41) is 0. The predicted octanol–water partition coefficient (Wildman–Crippen LogP) is 4.85. The maximum absolute atomic E-state index is 11.1. The molecule has 0 amide bonds. The topological polar surface area (TPSA) is 52.6 Å². The van der Waals surface area contributed by atoms with Crippen molar-refractivity contribution >= 4 is 11.9 Å². The van der Waals surface area contributed by atoms with Crippen molar-refractivity contribution in [2.75, 3.05) is 13.2 Å². The number of rotatable bonds is 7. The van der Waals surface area contributed by atoms with E-state index >= 15 is 0 Å². The van der Waals surface area contributed by atoms with Crippen molar-refractivity contribution in [3.8, 4) is 0 Å². The molecule has 0 spiro atoms. The second-order valence-electron chi connectivity index (χ2n) is 8.06. The van der Waals surface area contributed by atoms with Gasteiger partial charge < -0.3 is 9.47 Å². The number of hydrogen-bond donors (Lipinski definition) is 0. The fraction of sp³-hybridized carbons (Fsp3) is 0.895. The van der Waals surface area contributed by atoms with Gasteiger partial charge in [0.2, 0.25) is 0 Å². The van der Waals surface area contributed by atoms with Crippen LogP contribution in [0.3, 0.4) is 0 Å². The van der Waals surface area contributed by atoms with Crippen molar-refractivity contribution in [2.45, 2.75) is 75.2 Å². The smallest absolute Gasteiger partial charge is 0.308 e. The molecular weight excluding hydrogens is 292 g/mol. The second kappa shape index (κ2) is 12.4. The molecule has 0 fully saturated rings. The van der Waals surface area contributed by atoms with Gasteiger partial charge in [0.1, 0.15) is 0 Å². The predicted molar refractivity (Wildman–Crippen MR) is 95.1 cm³/mol. The lowest BCUT2D eigenvalue weighted by atomic mass is 9.84. The third-order valence-electron chi connectivity index (χ3n) is 2.81. The molecule has 1 unspecified atom stereocenters. The van der Waals surface area contributed by atoms with Crippen LogP contribution in [0.5, 0.6) is 0 Å². The van der Waals surface area contributed by atoms with Gasteiger partial charge in [-0.3, -0.25) is 9.59 Å². The van der Waals surface area contributed by atoms with Crippen molar-refractivity contribution in [3.63, 3.8) is 0 Å². The number of hydrogen-bond acceptors (Lipinski definition) is 4. The first kappa shape index (κ1) is 24.2. The lowest BCUT2D eigenvalue weighted by Gasteiger charge is -2.22. The SMILES string of the molecule is CC(C)COC(=O)C(C)C.CCOC(=O)CC(C)CC(C)(C)C. The van der Waals surface area contributed by atoms with E-state index < -0.39 is 0 Å². The van der Waals surface area contributed by atoms with E-state index in [1.165, 1.54) is 0 Å². The van der Waals surface area contributed by atoms with Crippen molar-refractivity contribution in [2.24, 2.45) is 23.2 Å². The standard InChI is InChI=1S/C11H22O2.C8H16O2/c1-6-13-10(12)7-9(2)8-11(3,4)5;1-6(2)5-10-8(9)7(3)4/h9H,6-8H2,1-5H3;6-7H,5H2,1-4H3. The summed E-state index contributed by atoms with van der Waals surface area (Å²) < 4.78 is 9.81. The Morgan fingerprint density at radius 3 is 1.83 bits per heavy atom. The zero-order valence-corrected chi connectivity index (χ0v) is 16.7. The Hall–Kier alpha value is -1.06. The number of carbonyl (C=O) groups is 2. The third kappa shape index (κ3) is 18.9. The molecule has 0 aromatic heterocycles. The second-order valence-corrected chi connectivity index (χ2v) is 8.06. The monoisotopic (exact) mass is 330 g/mol. The molecule has 0 saturated carbocycles. The van der Waals surface area contributed by atoms with Crippen molar-refractivity contribution in [3.05, 3.63) is 0 Å². The molecule has 0 saturated heterocycles. The highest BCUT2D eigenvalue weighted by Gasteiger charge is 2.17. The van der Waals surface area contributed by atoms with Gasteiger partial charge in [0.25, 0.3) is 0 Å². The van der Waals surface area contributed by atoms with Gasteiger partial charge in [0.15, 0.2) is 0 Å². The average molecular weight is 331 g/mol. The molecule has 0 bridgehead atoms. The van der Waals surface area contributed by atoms with E-state index in [9.17, 15) is 9.59 Å². The van der Waals surface area contributed by atoms with Gasteiger partial charge in [-0.15, -0.1) is 0 Å². The van der Waals surface area contributed by atoms with E-state index in [0.29, 0.717) is 36.9 Å². The quantitative estimate of drug-likeness (QED) is 0.626. The summed E-state index contributed by atoms with van der Waals surface area (Å²) in [6.07, 6.45) is 1.61. The molecule has 4 nitrogen and oxygen atoms in total. The van der Waals surface area contributed by atoms with Gasteiger partial charge in [0, 0.05) is 6.42 Å². The first-order valence-electron chi connectivity index (χ1n) is 8.71. The number of esters is 2. The Labute approximate surface area is 143 Å². The van der Waals surface area contributed by atoms with Crippen molar-refractivity contribution in [1.29, 1.82) is 0 Å². The molecule has 0 aliphatic carbocycles. The molecule has 4 heteroatoms. The third-order valence-corrected chi connectivity index (χ3v) is 2.81. The highest BCUT2D eigenvalue weighted by atomic mass is 16.5. The van der Waals surface area contributed by atoms with Crippen LogP contribution in [0.1, 0.15) is 75.2 Å². The van der Waals surface area contributed by atoms with E-state index in [1.807, 2.05) is 34.6 Å². The van der Waals surface area contributed by atoms with Gasteiger partial charge >= 0.3 is 11.9 Å². The van der Waals surface area contributed by atoms with Crippen LogP contribution >= 0.6 is 0 Å². The van der Waals surface area contributed by atoms with Crippen LogP contribution in [0.15, 0.2) is 0 Å². The summed E-state index contributed by atoms with van der Waals surface area (Å²) in [7, 11) is 0. The molecule has 1 atom stereocenters. The summed E-state index contributed by atoms with van der Waals surface area (Å²) in [4.78, 5) is 21.9. The Morgan fingerprint density at radius 1 is 0.957 bits per heavy atom. The highest BCUT2D eigenvalue weighted by Crippen LogP contribution is 2.25. The van der Waals surface area contributed by atoms with E-state index in [1.54, 1.807) is 0 Å². The minimum atomic E-state index is -0.103. The molecule has 0 radical (unpaired) electrons. The van der Waals surface area contributed by atoms with Crippen LogP contribution in [0, 0.1) is 23.2 Å². The molecule has 0 aliphatic rings. The average Bonchev–Trinajstić information content (AvgIpc) is 2.34. The summed E-state index contributed by atoms with van der Waals surface area (Å²) in [5.74, 6) is 0.674. The highest BCUT2D eigenvalue weighted by molar-refractivity contribution is 5.71. The lowest BCUT2D eigenvalue weighted by molar-refractivity contribution is -0.148. The van der Waals surface area contributed by atoms with E-state index in [-0.39, 0.29) is 17.9 Å². The fourth-order valence-electron chi connectivity index (χ4n) is 2.04. The molecule has 0 rings (SSSR count). The molecule has 23 heavy (non-hydrogen) atoms. The van der Waals surface area contributed by atoms with Gasteiger partial charge in [-0.2, -0.15) is 0 Å². The van der Waals surface area contributed by atoms with Gasteiger partial charge in [0.05, 0.1) is 19.1 Å². The van der Waals surface area contributed by atoms with Crippen LogP contribution < -0.4 is 0 Å². The lowest BCUT2D eigenvalue weighted by Crippen LogP contribution is -2.15. The Balaban J connectivity index is 0. The first-order chi connectivity index (χ1) is 10.4. The fourth-order valence-corrected chi connectivity index (χ4v) is 2.04. The zero-order valence-electron chi connectivity index (χ0n) is 16.7. The first-order valence-corrected chi connectivity index (χ1v) is 8.71. The number of ether oxygens (including phenoxy) is 2. The summed E-state index contributed by atoms with van der Waals surface area (Å²) in [6.45, 7) is 19.2. The Morgan fingerprint density at radius 2 is 1.48 bits per heavy atom. The van der Waals surface area contributed by atoms with E-state index in [4.69, 9.17) is 9.47 Å². The van der Waals surface area contributed by atoms with Crippen LogP contribution in [0.4, 0.5) is 0 Å². The Bertz CT molecular complexity index is 327. The minimum absolute atomic E-state index is 0.00116. The van der Waals surface area contributed by atoms with Crippen LogP contribution in [-0.2, 0) is 19.1 Å². The summed E-state index contributed by atoms with van der Waals surface area (Å²) in [6, 6.07) is 0. The van der Waals surface area contributed by atoms with Gasteiger partial charge in [-0.1, -0.05) is 55.4 Å². The molecule has 0 N–H and O–H groups in total.